The Kier molecular flexibility index (Phi) is 8.66. The average molecular weight is 581 g/mol. The summed E-state index contributed by atoms with van der Waals surface area (Å²) in [6, 6.07) is 6.93. The number of hydrogen-bond donors (Lipinski definition) is 5. The van der Waals surface area contributed by atoms with Crippen molar-refractivity contribution >= 4 is 0 Å². The molecular formula is C28H36O13. The van der Waals surface area contributed by atoms with Gasteiger partial charge in [-0.3, -0.25) is 0 Å². The predicted molar refractivity (Wildman–Crippen MR) is 140 cm³/mol. The van der Waals surface area contributed by atoms with Gasteiger partial charge in [-0.05, 0) is 35.4 Å². The molecule has 0 aliphatic carbocycles. The number of fused-ring (bicyclic) bond motifs is 1. The Morgan fingerprint density at radius 3 is 1.61 bits per heavy atom. The molecule has 2 aromatic rings. The van der Waals surface area contributed by atoms with Crippen LogP contribution in [0.5, 0.6) is 34.5 Å². The molecule has 0 amide bonds. The summed E-state index contributed by atoms with van der Waals surface area (Å²) in [5.74, 6) is 1.08. The molecule has 3 heterocycles. The van der Waals surface area contributed by atoms with Crippen molar-refractivity contribution in [1.82, 2.24) is 0 Å². The molecule has 41 heavy (non-hydrogen) atoms. The first-order valence-electron chi connectivity index (χ1n) is 13.2. The molecule has 13 nitrogen and oxygen atoms in total. The summed E-state index contributed by atoms with van der Waals surface area (Å²) in [4.78, 5) is 0. The predicted octanol–water partition coefficient (Wildman–Crippen LogP) is 0.680. The monoisotopic (exact) mass is 580 g/mol. The first-order valence-corrected chi connectivity index (χ1v) is 13.2. The topological polar surface area (TPSA) is 175 Å². The van der Waals surface area contributed by atoms with Crippen LogP contribution in [0.2, 0.25) is 0 Å². The number of benzene rings is 2. The summed E-state index contributed by atoms with van der Waals surface area (Å²) in [5.41, 5.74) is 1.55. The highest BCUT2D eigenvalue weighted by atomic mass is 16.7. The van der Waals surface area contributed by atoms with E-state index in [0.717, 1.165) is 11.1 Å². The van der Waals surface area contributed by atoms with E-state index in [1.807, 2.05) is 0 Å². The lowest BCUT2D eigenvalue weighted by molar-refractivity contribution is -0.277. The molecule has 5 N–H and O–H groups in total. The van der Waals surface area contributed by atoms with E-state index in [4.69, 9.17) is 37.9 Å². The number of aromatic hydroxyl groups is 1. The second kappa shape index (κ2) is 12.1. The van der Waals surface area contributed by atoms with Crippen molar-refractivity contribution in [3.63, 3.8) is 0 Å². The summed E-state index contributed by atoms with van der Waals surface area (Å²) in [5, 5.41) is 50.5. The molecule has 3 aliphatic heterocycles. The van der Waals surface area contributed by atoms with E-state index in [-0.39, 0.29) is 58.5 Å². The van der Waals surface area contributed by atoms with Crippen LogP contribution in [-0.4, -0.2) is 104 Å². The molecule has 0 radical (unpaired) electrons. The molecular weight excluding hydrogens is 544 g/mol. The van der Waals surface area contributed by atoms with Gasteiger partial charge in [0.1, 0.15) is 24.4 Å². The molecule has 0 saturated carbocycles. The maximum Gasteiger partial charge on any atom is 0.229 e. The summed E-state index contributed by atoms with van der Waals surface area (Å²) in [7, 11) is 5.82. The molecule has 2 aromatic carbocycles. The molecule has 5 rings (SSSR count). The Morgan fingerprint density at radius 1 is 0.707 bits per heavy atom. The van der Waals surface area contributed by atoms with Crippen LogP contribution in [0.1, 0.15) is 23.3 Å². The Morgan fingerprint density at radius 2 is 1.17 bits per heavy atom. The van der Waals surface area contributed by atoms with Gasteiger partial charge in [0.25, 0.3) is 0 Å². The first-order chi connectivity index (χ1) is 19.8. The molecule has 0 spiro atoms. The molecule has 9 atom stereocenters. The van der Waals surface area contributed by atoms with E-state index in [1.165, 1.54) is 28.4 Å². The molecule has 0 bridgehead atoms. The Hall–Kier alpha value is -3.04. The van der Waals surface area contributed by atoms with E-state index in [2.05, 4.69) is 0 Å². The number of phenolic OH excluding ortho intramolecular Hbond substituents is 1. The number of phenols is 1. The van der Waals surface area contributed by atoms with Crippen LogP contribution < -0.4 is 23.7 Å². The van der Waals surface area contributed by atoms with E-state index in [0.29, 0.717) is 13.2 Å². The molecule has 13 heteroatoms. The fourth-order valence-corrected chi connectivity index (χ4v) is 5.77. The van der Waals surface area contributed by atoms with Gasteiger partial charge in [0, 0.05) is 11.8 Å². The minimum atomic E-state index is -1.61. The Bertz CT molecular complexity index is 1170. The van der Waals surface area contributed by atoms with E-state index in [1.54, 1.807) is 24.3 Å². The standard InChI is InChI=1S/C28H36O13/c1-34-16-5-12(6-17(35-2)21(16)30)25-14-10-39-26(15(14)11-38-25)13-7-18(36-3)27(19(8-13)37-4)41-28-24(33)23(32)22(31)20(9-29)40-28/h5-8,14-15,20,22-26,28-33H,9-11H2,1-4H3/t14-,15-,20+,22-,23+,24+,25+,26-,28+/m0/s1. The van der Waals surface area contributed by atoms with E-state index < -0.39 is 37.3 Å². The summed E-state index contributed by atoms with van der Waals surface area (Å²) >= 11 is 0. The minimum absolute atomic E-state index is 0.000914. The maximum absolute atomic E-state index is 10.5. The Balaban J connectivity index is 1.40. The fraction of sp³-hybridized carbons (Fsp3) is 0.571. The van der Waals surface area contributed by atoms with Crippen molar-refractivity contribution in [1.29, 1.82) is 0 Å². The zero-order valence-corrected chi connectivity index (χ0v) is 23.1. The van der Waals surface area contributed by atoms with Crippen LogP contribution in [0.15, 0.2) is 24.3 Å². The SMILES string of the molecule is COc1cc([C@H]2OC[C@H]3[C@@H]2CO[C@H]3c2cc(OC)c(O[C@H]3O[C@H](CO)[C@H](O)[C@@H](O)[C@H]3O)c(OC)c2)cc(OC)c1O. The number of aliphatic hydroxyl groups is 4. The van der Waals surface area contributed by atoms with Crippen LogP contribution in [0, 0.1) is 11.8 Å². The lowest BCUT2D eigenvalue weighted by atomic mass is 9.84. The average Bonchev–Trinajstić information content (AvgIpc) is 3.60. The normalized spacial score (nSPS) is 32.8. The summed E-state index contributed by atoms with van der Waals surface area (Å²) in [6.45, 7) is 0.241. The van der Waals surface area contributed by atoms with Crippen LogP contribution in [-0.2, 0) is 14.2 Å². The lowest BCUT2D eigenvalue weighted by Crippen LogP contribution is -2.60. The third kappa shape index (κ3) is 5.23. The highest BCUT2D eigenvalue weighted by Crippen LogP contribution is 2.53. The smallest absolute Gasteiger partial charge is 0.229 e. The van der Waals surface area contributed by atoms with Gasteiger partial charge in [-0.1, -0.05) is 0 Å². The van der Waals surface area contributed by atoms with Crippen molar-refractivity contribution in [2.24, 2.45) is 11.8 Å². The lowest BCUT2D eigenvalue weighted by Gasteiger charge is -2.39. The van der Waals surface area contributed by atoms with Crippen molar-refractivity contribution in [2.75, 3.05) is 48.3 Å². The summed E-state index contributed by atoms with van der Waals surface area (Å²) < 4.78 is 45.7. The van der Waals surface area contributed by atoms with Crippen molar-refractivity contribution < 1.29 is 63.4 Å². The molecule has 0 unspecified atom stereocenters. The molecule has 226 valence electrons. The van der Waals surface area contributed by atoms with Gasteiger partial charge in [-0.25, -0.2) is 0 Å². The van der Waals surface area contributed by atoms with Crippen LogP contribution in [0.4, 0.5) is 0 Å². The van der Waals surface area contributed by atoms with Gasteiger partial charge < -0.3 is 63.4 Å². The van der Waals surface area contributed by atoms with E-state index in [9.17, 15) is 25.5 Å². The number of hydrogen-bond acceptors (Lipinski definition) is 13. The van der Waals surface area contributed by atoms with Crippen LogP contribution >= 0.6 is 0 Å². The quantitative estimate of drug-likeness (QED) is 0.280. The van der Waals surface area contributed by atoms with Gasteiger partial charge in [-0.2, -0.15) is 0 Å². The number of aliphatic hydroxyl groups excluding tert-OH is 4. The third-order valence-electron chi connectivity index (χ3n) is 7.99. The largest absolute Gasteiger partial charge is 0.502 e. The van der Waals surface area contributed by atoms with Gasteiger partial charge in [0.05, 0.1) is 60.5 Å². The van der Waals surface area contributed by atoms with E-state index >= 15 is 0 Å². The van der Waals surface area contributed by atoms with Crippen molar-refractivity contribution in [3.05, 3.63) is 35.4 Å². The van der Waals surface area contributed by atoms with Gasteiger partial charge >= 0.3 is 0 Å². The van der Waals surface area contributed by atoms with Gasteiger partial charge in [0.15, 0.2) is 23.0 Å². The van der Waals surface area contributed by atoms with Crippen LogP contribution in [0.25, 0.3) is 0 Å². The zero-order valence-electron chi connectivity index (χ0n) is 23.1. The second-order valence-electron chi connectivity index (χ2n) is 10.2. The van der Waals surface area contributed by atoms with Crippen LogP contribution in [0.3, 0.4) is 0 Å². The fourth-order valence-electron chi connectivity index (χ4n) is 5.77. The Labute approximate surface area is 236 Å². The number of methoxy groups -OCH3 is 4. The third-order valence-corrected chi connectivity index (χ3v) is 7.99. The minimum Gasteiger partial charge on any atom is -0.502 e. The summed E-state index contributed by atoms with van der Waals surface area (Å²) in [6.07, 6.45) is -7.96. The van der Waals surface area contributed by atoms with Crippen molar-refractivity contribution in [2.45, 2.75) is 42.9 Å². The molecule has 3 aliphatic rings. The molecule has 0 aromatic heterocycles. The molecule has 3 fully saturated rings. The second-order valence-corrected chi connectivity index (χ2v) is 10.2. The number of rotatable bonds is 9. The maximum atomic E-state index is 10.5. The van der Waals surface area contributed by atoms with Gasteiger partial charge in [-0.15, -0.1) is 0 Å². The first kappa shape index (κ1) is 29.5. The number of ether oxygens (including phenoxy) is 8. The van der Waals surface area contributed by atoms with Gasteiger partial charge in [0.2, 0.25) is 17.8 Å². The zero-order chi connectivity index (χ0) is 29.4. The molecule has 3 saturated heterocycles. The highest BCUT2D eigenvalue weighted by molar-refractivity contribution is 5.55. The van der Waals surface area contributed by atoms with Crippen molar-refractivity contribution in [3.8, 4) is 34.5 Å². The highest BCUT2D eigenvalue weighted by Gasteiger charge is 2.49.